The smallest absolute Gasteiger partial charge is 0.411 e. The number of carbonyl (C=O) groups excluding carboxylic acids is 2. The second-order valence-electron chi connectivity index (χ2n) is 7.98. The fraction of sp³-hybridized carbons (Fsp3) is 0.417. The van der Waals surface area contributed by atoms with E-state index in [0.29, 0.717) is 37.5 Å². The van der Waals surface area contributed by atoms with Crippen molar-refractivity contribution in [3.05, 3.63) is 54.1 Å². The van der Waals surface area contributed by atoms with Crippen LogP contribution in [-0.2, 0) is 26.0 Å². The zero-order valence-corrected chi connectivity index (χ0v) is 20.4. The van der Waals surface area contributed by atoms with Crippen LogP contribution in [-0.4, -0.2) is 44.4 Å². The van der Waals surface area contributed by atoms with Crippen molar-refractivity contribution in [2.45, 2.75) is 45.4 Å². The molecule has 0 unspecified atom stereocenters. The molecule has 2 amide bonds. The highest BCUT2D eigenvalue weighted by molar-refractivity contribution is 7.89. The Morgan fingerprint density at radius 1 is 0.970 bits per heavy atom. The van der Waals surface area contributed by atoms with Gasteiger partial charge in [0.1, 0.15) is 0 Å². The molecule has 33 heavy (non-hydrogen) atoms. The van der Waals surface area contributed by atoms with Crippen LogP contribution in [0.2, 0.25) is 0 Å². The van der Waals surface area contributed by atoms with Crippen LogP contribution in [0.5, 0.6) is 0 Å². The third-order valence-electron chi connectivity index (χ3n) is 4.85. The first-order valence-electron chi connectivity index (χ1n) is 11.1. The van der Waals surface area contributed by atoms with Crippen molar-refractivity contribution in [2.75, 3.05) is 30.3 Å². The number of anilines is 2. The van der Waals surface area contributed by atoms with Crippen molar-refractivity contribution < 1.29 is 22.7 Å². The molecule has 2 aromatic rings. The van der Waals surface area contributed by atoms with Crippen LogP contribution in [0.15, 0.2) is 53.4 Å². The number of rotatable bonds is 11. The second-order valence-corrected chi connectivity index (χ2v) is 9.92. The van der Waals surface area contributed by atoms with Gasteiger partial charge in [0.05, 0.1) is 11.5 Å². The van der Waals surface area contributed by atoms with Crippen LogP contribution in [0.1, 0.15) is 39.7 Å². The molecule has 0 heterocycles. The van der Waals surface area contributed by atoms with Gasteiger partial charge in [-0.1, -0.05) is 45.9 Å². The number of amides is 2. The van der Waals surface area contributed by atoms with E-state index < -0.39 is 16.1 Å². The first-order chi connectivity index (χ1) is 15.6. The van der Waals surface area contributed by atoms with Gasteiger partial charge >= 0.3 is 6.09 Å². The summed E-state index contributed by atoms with van der Waals surface area (Å²) in [7, 11) is -3.50. The van der Waals surface area contributed by atoms with E-state index in [1.165, 1.54) is 4.31 Å². The lowest BCUT2D eigenvalue weighted by Gasteiger charge is -2.18. The van der Waals surface area contributed by atoms with Gasteiger partial charge in [-0.25, -0.2) is 13.2 Å². The minimum Gasteiger partial charge on any atom is -0.449 e. The van der Waals surface area contributed by atoms with E-state index in [9.17, 15) is 18.0 Å². The Labute approximate surface area is 196 Å². The molecule has 2 aromatic carbocycles. The highest BCUT2D eigenvalue weighted by Gasteiger charge is 2.21. The highest BCUT2D eigenvalue weighted by atomic mass is 32.2. The summed E-state index contributed by atoms with van der Waals surface area (Å²) < 4.78 is 31.6. The molecule has 0 spiro atoms. The third-order valence-corrected chi connectivity index (χ3v) is 6.91. The van der Waals surface area contributed by atoms with E-state index in [1.807, 2.05) is 13.8 Å². The molecule has 0 fully saturated rings. The largest absolute Gasteiger partial charge is 0.449 e. The molecule has 2 rings (SSSR count). The molecule has 0 bridgehead atoms. The Hall–Kier alpha value is -2.91. The van der Waals surface area contributed by atoms with E-state index in [4.69, 9.17) is 4.74 Å². The van der Waals surface area contributed by atoms with Crippen molar-refractivity contribution >= 4 is 33.4 Å². The summed E-state index contributed by atoms with van der Waals surface area (Å²) in [5.74, 6) is 0.0544. The van der Waals surface area contributed by atoms with Crippen LogP contribution < -0.4 is 10.6 Å². The summed E-state index contributed by atoms with van der Waals surface area (Å²) >= 11 is 0. The Kier molecular flexibility index (Phi) is 9.87. The third kappa shape index (κ3) is 8.18. The summed E-state index contributed by atoms with van der Waals surface area (Å²) in [5.41, 5.74) is 1.95. The number of benzene rings is 2. The number of ether oxygens (including phenoxy) is 1. The van der Waals surface area contributed by atoms with Crippen LogP contribution in [0.25, 0.3) is 0 Å². The molecule has 0 aromatic heterocycles. The molecule has 0 radical (unpaired) electrons. The summed E-state index contributed by atoms with van der Waals surface area (Å²) in [5, 5.41) is 5.45. The van der Waals surface area contributed by atoms with Crippen molar-refractivity contribution in [1.29, 1.82) is 0 Å². The van der Waals surface area contributed by atoms with Crippen LogP contribution in [0, 0.1) is 5.92 Å². The minimum atomic E-state index is -3.50. The topological polar surface area (TPSA) is 105 Å². The molecule has 0 atom stereocenters. The number of sulfonamides is 1. The summed E-state index contributed by atoms with van der Waals surface area (Å²) in [6.07, 6.45) is 0.159. The van der Waals surface area contributed by atoms with Gasteiger partial charge in [-0.05, 0) is 48.2 Å². The molecule has 2 N–H and O–H groups in total. The van der Waals surface area contributed by atoms with E-state index >= 15 is 0 Å². The average molecular weight is 476 g/mol. The lowest BCUT2D eigenvalue weighted by Crippen LogP contribution is -2.30. The van der Waals surface area contributed by atoms with Gasteiger partial charge in [0, 0.05) is 30.9 Å². The highest BCUT2D eigenvalue weighted by Crippen LogP contribution is 2.18. The van der Waals surface area contributed by atoms with Gasteiger partial charge in [0.15, 0.2) is 0 Å². The molecule has 0 aliphatic rings. The fourth-order valence-corrected chi connectivity index (χ4v) is 4.55. The predicted molar refractivity (Wildman–Crippen MR) is 130 cm³/mol. The lowest BCUT2D eigenvalue weighted by atomic mass is 10.1. The Morgan fingerprint density at radius 3 is 2.15 bits per heavy atom. The fourth-order valence-electron chi connectivity index (χ4n) is 3.09. The van der Waals surface area contributed by atoms with E-state index in [2.05, 4.69) is 10.6 Å². The molecule has 180 valence electrons. The maximum atomic E-state index is 12.6. The molecule has 0 saturated heterocycles. The monoisotopic (exact) mass is 475 g/mol. The van der Waals surface area contributed by atoms with E-state index in [0.717, 1.165) is 5.56 Å². The molecular weight excluding hydrogens is 442 g/mol. The lowest BCUT2D eigenvalue weighted by molar-refractivity contribution is -0.116. The number of carbonyl (C=O) groups is 2. The second kappa shape index (κ2) is 12.4. The molecule has 9 heteroatoms. The first-order valence-corrected chi connectivity index (χ1v) is 12.5. The number of nitrogens with zero attached hydrogens (tertiary/aromatic N) is 1. The first kappa shape index (κ1) is 26.3. The maximum absolute atomic E-state index is 12.6. The van der Waals surface area contributed by atoms with Crippen LogP contribution in [0.3, 0.4) is 0 Å². The van der Waals surface area contributed by atoms with Gasteiger partial charge in [-0.3, -0.25) is 10.1 Å². The van der Waals surface area contributed by atoms with Gasteiger partial charge in [0.25, 0.3) is 0 Å². The molecule has 0 saturated carbocycles. The Balaban J connectivity index is 1.90. The van der Waals surface area contributed by atoms with Gasteiger partial charge in [-0.2, -0.15) is 4.31 Å². The quantitative estimate of drug-likeness (QED) is 0.498. The molecule has 8 nitrogen and oxygen atoms in total. The van der Waals surface area contributed by atoms with Crippen LogP contribution in [0.4, 0.5) is 16.2 Å². The zero-order chi connectivity index (χ0) is 24.4. The number of aryl methyl sites for hydroxylation is 1. The Morgan fingerprint density at radius 2 is 1.58 bits per heavy atom. The summed E-state index contributed by atoms with van der Waals surface area (Å²) in [6, 6.07) is 13.4. The maximum Gasteiger partial charge on any atom is 0.411 e. The molecule has 0 aliphatic carbocycles. The van der Waals surface area contributed by atoms with Crippen molar-refractivity contribution in [3.63, 3.8) is 0 Å². The van der Waals surface area contributed by atoms with Crippen LogP contribution >= 0.6 is 0 Å². The van der Waals surface area contributed by atoms with E-state index in [-0.39, 0.29) is 23.1 Å². The molecular formula is C24H33N3O5S. The number of hydrogen-bond acceptors (Lipinski definition) is 5. The average Bonchev–Trinajstić information content (AvgIpc) is 2.77. The summed E-state index contributed by atoms with van der Waals surface area (Å²) in [4.78, 5) is 24.4. The van der Waals surface area contributed by atoms with Crippen molar-refractivity contribution in [3.8, 4) is 0 Å². The predicted octanol–water partition coefficient (Wildman–Crippen LogP) is 4.49. The van der Waals surface area contributed by atoms with Crippen molar-refractivity contribution in [2.24, 2.45) is 5.92 Å². The van der Waals surface area contributed by atoms with Gasteiger partial charge in [0.2, 0.25) is 15.9 Å². The minimum absolute atomic E-state index is 0.186. The van der Waals surface area contributed by atoms with Gasteiger partial charge in [-0.15, -0.1) is 0 Å². The normalized spacial score (nSPS) is 11.5. The van der Waals surface area contributed by atoms with E-state index in [1.54, 1.807) is 62.4 Å². The zero-order valence-electron chi connectivity index (χ0n) is 19.6. The number of hydrogen-bond donors (Lipinski definition) is 2. The summed E-state index contributed by atoms with van der Waals surface area (Å²) in [6.45, 7) is 8.66. The SMILES string of the molecule is CCN(CC)S(=O)(=O)c1ccc(CCC(=O)Nc2cccc(NC(=O)OCC(C)C)c2)cc1. The standard InChI is InChI=1S/C24H33N3O5S/c1-5-27(6-2)33(30,31)22-13-10-19(11-14-22)12-15-23(28)25-20-8-7-9-21(16-20)26-24(29)32-17-18(3)4/h7-11,13-14,16,18H,5-6,12,15,17H2,1-4H3,(H,25,28)(H,26,29). The molecule has 0 aliphatic heterocycles. The number of nitrogens with one attached hydrogen (secondary N) is 2. The van der Waals surface area contributed by atoms with Gasteiger partial charge < -0.3 is 10.1 Å². The van der Waals surface area contributed by atoms with Crippen molar-refractivity contribution in [1.82, 2.24) is 4.31 Å². The Bertz CT molecular complexity index is 1030.